The SMILES string of the molecule is c1ccc2c(Oc3c4ccccc4c(Oc4cccc5ccccc45)c4ccccc34)cccc2c1. The maximum absolute atomic E-state index is 6.74. The molecule has 0 heterocycles. The number of hydrogen-bond donors (Lipinski definition) is 0. The minimum atomic E-state index is 0.836. The Labute approximate surface area is 208 Å². The fraction of sp³-hybridized carbons (Fsp3) is 0. The topological polar surface area (TPSA) is 18.5 Å². The molecular formula is C34H22O2. The van der Waals surface area contributed by atoms with Gasteiger partial charge in [0.25, 0.3) is 0 Å². The molecule has 7 aromatic rings. The monoisotopic (exact) mass is 462 g/mol. The van der Waals surface area contributed by atoms with Gasteiger partial charge in [-0.3, -0.25) is 0 Å². The molecular weight excluding hydrogens is 440 g/mol. The van der Waals surface area contributed by atoms with Crippen LogP contribution in [0.2, 0.25) is 0 Å². The first-order valence-corrected chi connectivity index (χ1v) is 12.1. The van der Waals surface area contributed by atoms with Crippen molar-refractivity contribution in [3.63, 3.8) is 0 Å². The molecule has 0 saturated heterocycles. The molecule has 0 unspecified atom stereocenters. The zero-order valence-corrected chi connectivity index (χ0v) is 19.5. The van der Waals surface area contributed by atoms with Crippen LogP contribution in [0.4, 0.5) is 0 Å². The van der Waals surface area contributed by atoms with Gasteiger partial charge in [-0.25, -0.2) is 0 Å². The maximum Gasteiger partial charge on any atom is 0.143 e. The van der Waals surface area contributed by atoms with Gasteiger partial charge in [-0.2, -0.15) is 0 Å². The Morgan fingerprint density at radius 1 is 0.278 bits per heavy atom. The van der Waals surface area contributed by atoms with Crippen molar-refractivity contribution in [2.24, 2.45) is 0 Å². The Morgan fingerprint density at radius 3 is 0.972 bits per heavy atom. The lowest BCUT2D eigenvalue weighted by molar-refractivity contribution is 0.491. The van der Waals surface area contributed by atoms with Gasteiger partial charge in [0.05, 0.1) is 0 Å². The van der Waals surface area contributed by atoms with E-state index in [4.69, 9.17) is 9.47 Å². The molecule has 0 aliphatic carbocycles. The predicted molar refractivity (Wildman–Crippen MR) is 149 cm³/mol. The molecule has 7 rings (SSSR count). The third kappa shape index (κ3) is 3.35. The van der Waals surface area contributed by atoms with Gasteiger partial charge in [-0.1, -0.05) is 121 Å². The van der Waals surface area contributed by atoms with Gasteiger partial charge in [-0.15, -0.1) is 0 Å². The van der Waals surface area contributed by atoms with Crippen LogP contribution in [0.15, 0.2) is 133 Å². The van der Waals surface area contributed by atoms with Crippen molar-refractivity contribution in [3.8, 4) is 23.0 Å². The Morgan fingerprint density at radius 2 is 0.583 bits per heavy atom. The highest BCUT2D eigenvalue weighted by atomic mass is 16.5. The highest BCUT2D eigenvalue weighted by Crippen LogP contribution is 2.47. The smallest absolute Gasteiger partial charge is 0.143 e. The van der Waals surface area contributed by atoms with Gasteiger partial charge >= 0.3 is 0 Å². The van der Waals surface area contributed by atoms with Crippen molar-refractivity contribution in [1.29, 1.82) is 0 Å². The fourth-order valence-corrected chi connectivity index (χ4v) is 5.06. The van der Waals surface area contributed by atoms with Gasteiger partial charge in [0.1, 0.15) is 23.0 Å². The summed E-state index contributed by atoms with van der Waals surface area (Å²) >= 11 is 0. The standard InChI is InChI=1S/C34H22O2/c1-3-15-25-23(11-1)13-9-21-31(25)35-33-27-17-5-7-19-29(27)34(30-20-8-6-18-28(30)33)36-32-22-10-14-24-12-2-4-16-26(24)32/h1-22H. The molecule has 0 saturated carbocycles. The van der Waals surface area contributed by atoms with E-state index >= 15 is 0 Å². The minimum absolute atomic E-state index is 0.836. The van der Waals surface area contributed by atoms with Gasteiger partial charge < -0.3 is 9.47 Å². The molecule has 0 fully saturated rings. The van der Waals surface area contributed by atoms with Crippen molar-refractivity contribution < 1.29 is 9.47 Å². The van der Waals surface area contributed by atoms with Crippen LogP contribution in [0, 0.1) is 0 Å². The first kappa shape index (κ1) is 20.5. The van der Waals surface area contributed by atoms with Crippen molar-refractivity contribution >= 4 is 43.1 Å². The van der Waals surface area contributed by atoms with E-state index in [0.29, 0.717) is 0 Å². The van der Waals surface area contributed by atoms with Gasteiger partial charge in [0, 0.05) is 32.3 Å². The summed E-state index contributed by atoms with van der Waals surface area (Å²) in [5.74, 6) is 3.35. The van der Waals surface area contributed by atoms with E-state index in [1.165, 1.54) is 0 Å². The van der Waals surface area contributed by atoms with Crippen molar-refractivity contribution in [2.75, 3.05) is 0 Å². The summed E-state index contributed by atoms with van der Waals surface area (Å²) in [6.07, 6.45) is 0. The highest BCUT2D eigenvalue weighted by molar-refractivity contribution is 6.11. The molecule has 0 bridgehead atoms. The summed E-state index contributed by atoms with van der Waals surface area (Å²) < 4.78 is 13.5. The number of rotatable bonds is 4. The second kappa shape index (κ2) is 8.44. The number of benzene rings is 7. The third-order valence-electron chi connectivity index (χ3n) is 6.76. The molecule has 170 valence electrons. The Hall–Kier alpha value is -4.82. The molecule has 0 aliphatic rings. The summed E-state index contributed by atoms with van der Waals surface area (Å²) in [6.45, 7) is 0. The van der Waals surface area contributed by atoms with Crippen LogP contribution in [0.25, 0.3) is 43.1 Å². The summed E-state index contributed by atoms with van der Waals surface area (Å²) in [4.78, 5) is 0. The number of ether oxygens (including phenoxy) is 2. The molecule has 0 aliphatic heterocycles. The van der Waals surface area contributed by atoms with Crippen LogP contribution in [0.1, 0.15) is 0 Å². The fourth-order valence-electron chi connectivity index (χ4n) is 5.06. The number of hydrogen-bond acceptors (Lipinski definition) is 2. The van der Waals surface area contributed by atoms with E-state index in [0.717, 1.165) is 66.1 Å². The highest BCUT2D eigenvalue weighted by Gasteiger charge is 2.18. The zero-order chi connectivity index (χ0) is 23.9. The number of fused-ring (bicyclic) bond motifs is 4. The lowest BCUT2D eigenvalue weighted by atomic mass is 10.00. The summed E-state index contributed by atoms with van der Waals surface area (Å²) in [5, 5.41) is 8.53. The normalized spacial score (nSPS) is 11.3. The molecule has 0 spiro atoms. The molecule has 0 atom stereocenters. The van der Waals surface area contributed by atoms with E-state index in [1.807, 2.05) is 36.4 Å². The average Bonchev–Trinajstić information content (AvgIpc) is 2.95. The molecule has 2 heteroatoms. The Bertz CT molecular complexity index is 1690. The van der Waals surface area contributed by atoms with Crippen LogP contribution >= 0.6 is 0 Å². The molecule has 36 heavy (non-hydrogen) atoms. The third-order valence-corrected chi connectivity index (χ3v) is 6.76. The molecule has 0 amide bonds. The predicted octanol–water partition coefficient (Wildman–Crippen LogP) is 9.88. The lowest BCUT2D eigenvalue weighted by Gasteiger charge is -2.19. The van der Waals surface area contributed by atoms with Crippen molar-refractivity contribution in [1.82, 2.24) is 0 Å². The molecule has 7 aromatic carbocycles. The first-order valence-electron chi connectivity index (χ1n) is 12.1. The summed E-state index contributed by atoms with van der Waals surface area (Å²) in [7, 11) is 0. The largest absolute Gasteiger partial charge is 0.455 e. The Balaban J connectivity index is 1.47. The van der Waals surface area contributed by atoms with Gasteiger partial charge in [0.15, 0.2) is 0 Å². The maximum atomic E-state index is 6.74. The van der Waals surface area contributed by atoms with E-state index in [-0.39, 0.29) is 0 Å². The van der Waals surface area contributed by atoms with E-state index in [2.05, 4.69) is 97.1 Å². The van der Waals surface area contributed by atoms with Crippen LogP contribution < -0.4 is 9.47 Å². The first-order chi connectivity index (χ1) is 17.9. The van der Waals surface area contributed by atoms with Crippen LogP contribution in [-0.4, -0.2) is 0 Å². The lowest BCUT2D eigenvalue weighted by Crippen LogP contribution is -1.94. The van der Waals surface area contributed by atoms with Crippen LogP contribution in [0.5, 0.6) is 23.0 Å². The minimum Gasteiger partial charge on any atom is -0.455 e. The quantitative estimate of drug-likeness (QED) is 0.242. The van der Waals surface area contributed by atoms with Crippen molar-refractivity contribution in [2.45, 2.75) is 0 Å². The van der Waals surface area contributed by atoms with Gasteiger partial charge in [-0.05, 0) is 22.9 Å². The second-order valence-corrected chi connectivity index (χ2v) is 8.91. The van der Waals surface area contributed by atoms with Gasteiger partial charge in [0.2, 0.25) is 0 Å². The molecule has 2 nitrogen and oxygen atoms in total. The van der Waals surface area contributed by atoms with E-state index < -0.39 is 0 Å². The zero-order valence-electron chi connectivity index (χ0n) is 19.5. The summed E-state index contributed by atoms with van der Waals surface area (Å²) in [5.41, 5.74) is 0. The second-order valence-electron chi connectivity index (χ2n) is 8.91. The van der Waals surface area contributed by atoms with E-state index in [1.54, 1.807) is 0 Å². The summed E-state index contributed by atoms with van der Waals surface area (Å²) in [6, 6.07) is 45.6. The molecule has 0 aromatic heterocycles. The van der Waals surface area contributed by atoms with Crippen LogP contribution in [-0.2, 0) is 0 Å². The van der Waals surface area contributed by atoms with Crippen LogP contribution in [0.3, 0.4) is 0 Å². The average molecular weight is 463 g/mol. The molecule has 0 radical (unpaired) electrons. The molecule has 0 N–H and O–H groups in total. The van der Waals surface area contributed by atoms with Crippen molar-refractivity contribution in [3.05, 3.63) is 133 Å². The Kier molecular flexibility index (Phi) is 4.82. The van der Waals surface area contributed by atoms with E-state index in [9.17, 15) is 0 Å².